The van der Waals surface area contributed by atoms with Crippen molar-refractivity contribution in [2.24, 2.45) is 0 Å². The third kappa shape index (κ3) is 4.53. The van der Waals surface area contributed by atoms with Crippen LogP contribution in [0.15, 0.2) is 87.2 Å². The molecule has 3 N–H and O–H groups in total. The van der Waals surface area contributed by atoms with E-state index in [1.165, 1.54) is 17.8 Å². The van der Waals surface area contributed by atoms with Crippen LogP contribution in [-0.4, -0.2) is 8.42 Å². The minimum Gasteiger partial charge on any atom is -0.443 e. The topological polar surface area (TPSA) is 85.3 Å². The van der Waals surface area contributed by atoms with Crippen LogP contribution in [0, 0.1) is 0 Å². The van der Waals surface area contributed by atoms with E-state index < -0.39 is 10.0 Å². The van der Waals surface area contributed by atoms with Gasteiger partial charge in [0.1, 0.15) is 5.58 Å². The summed E-state index contributed by atoms with van der Waals surface area (Å²) < 4.78 is 33.9. The molecule has 0 saturated heterocycles. The standard InChI is InChI=1S/C21H17ClN2O3S2/c22-16-8-9-20(28-13-14-4-3-6-17(23)10-14)18(12-16)24-29(25,26)21-11-15-5-1-2-7-19(15)27-21/h1-12,24H,13,23H2. The number of hydrogen-bond acceptors (Lipinski definition) is 5. The van der Waals surface area contributed by atoms with Crippen LogP contribution < -0.4 is 10.5 Å². The Morgan fingerprint density at radius 1 is 1.00 bits per heavy atom. The van der Waals surface area contributed by atoms with E-state index in [0.717, 1.165) is 15.8 Å². The van der Waals surface area contributed by atoms with E-state index in [4.69, 9.17) is 21.8 Å². The Hall–Kier alpha value is -2.61. The fourth-order valence-corrected chi connectivity index (χ4v) is 5.05. The zero-order valence-electron chi connectivity index (χ0n) is 15.1. The van der Waals surface area contributed by atoms with E-state index in [9.17, 15) is 8.42 Å². The van der Waals surface area contributed by atoms with Crippen molar-refractivity contribution in [3.05, 3.63) is 83.4 Å². The largest absolute Gasteiger partial charge is 0.443 e. The Labute approximate surface area is 177 Å². The van der Waals surface area contributed by atoms with Crippen LogP contribution in [0.3, 0.4) is 0 Å². The molecule has 0 amide bonds. The molecule has 0 aliphatic rings. The molecule has 4 aromatic rings. The molecule has 0 atom stereocenters. The summed E-state index contributed by atoms with van der Waals surface area (Å²) in [4.78, 5) is 0.747. The predicted octanol–water partition coefficient (Wildman–Crippen LogP) is 5.76. The molecular formula is C21H17ClN2O3S2. The van der Waals surface area contributed by atoms with Crippen LogP contribution >= 0.6 is 23.4 Å². The monoisotopic (exact) mass is 444 g/mol. The van der Waals surface area contributed by atoms with Crippen molar-refractivity contribution in [3.8, 4) is 0 Å². The molecular weight excluding hydrogens is 428 g/mol. The average molecular weight is 445 g/mol. The minimum atomic E-state index is -3.91. The molecule has 148 valence electrons. The second kappa shape index (κ2) is 8.02. The molecule has 0 aliphatic carbocycles. The number of nitrogens with one attached hydrogen (secondary N) is 1. The number of fused-ring (bicyclic) bond motifs is 1. The number of anilines is 2. The fraction of sp³-hybridized carbons (Fsp3) is 0.0476. The fourth-order valence-electron chi connectivity index (χ4n) is 2.84. The van der Waals surface area contributed by atoms with Gasteiger partial charge in [-0.05, 0) is 42.0 Å². The number of thioether (sulfide) groups is 1. The summed E-state index contributed by atoms with van der Waals surface area (Å²) in [6.45, 7) is 0. The molecule has 0 spiro atoms. The van der Waals surface area contributed by atoms with Crippen molar-refractivity contribution in [1.82, 2.24) is 0 Å². The zero-order chi connectivity index (χ0) is 20.4. The maximum atomic E-state index is 12.9. The number of halogens is 1. The summed E-state index contributed by atoms with van der Waals surface area (Å²) in [7, 11) is -3.91. The molecule has 3 aromatic carbocycles. The number of nitrogens with two attached hydrogens (primary N) is 1. The number of nitrogen functional groups attached to an aromatic ring is 1. The Bertz CT molecular complexity index is 1250. The van der Waals surface area contributed by atoms with Gasteiger partial charge in [0.2, 0.25) is 5.09 Å². The normalized spacial score (nSPS) is 11.6. The van der Waals surface area contributed by atoms with Crippen molar-refractivity contribution >= 4 is 55.7 Å². The molecule has 5 nitrogen and oxygen atoms in total. The highest BCUT2D eigenvalue weighted by Gasteiger charge is 2.21. The molecule has 1 heterocycles. The molecule has 0 aliphatic heterocycles. The highest BCUT2D eigenvalue weighted by Crippen LogP contribution is 2.34. The zero-order valence-corrected chi connectivity index (χ0v) is 17.5. The highest BCUT2D eigenvalue weighted by atomic mass is 35.5. The first-order valence-electron chi connectivity index (χ1n) is 8.69. The van der Waals surface area contributed by atoms with Gasteiger partial charge in [-0.2, -0.15) is 8.42 Å². The van der Waals surface area contributed by atoms with Crippen molar-refractivity contribution in [2.45, 2.75) is 15.7 Å². The van der Waals surface area contributed by atoms with Crippen LogP contribution in [0.1, 0.15) is 5.56 Å². The van der Waals surface area contributed by atoms with Crippen molar-refractivity contribution in [2.75, 3.05) is 10.5 Å². The lowest BCUT2D eigenvalue weighted by Gasteiger charge is -2.12. The average Bonchev–Trinajstić information content (AvgIpc) is 3.12. The van der Waals surface area contributed by atoms with Gasteiger partial charge in [-0.1, -0.05) is 41.9 Å². The summed E-state index contributed by atoms with van der Waals surface area (Å²) in [5, 5.41) is 1.00. The maximum Gasteiger partial charge on any atom is 0.295 e. The number of benzene rings is 3. The summed E-state index contributed by atoms with van der Waals surface area (Å²) in [5.74, 6) is 0.631. The molecule has 0 bridgehead atoms. The molecule has 29 heavy (non-hydrogen) atoms. The third-order valence-electron chi connectivity index (χ3n) is 4.20. The number of para-hydroxylation sites is 1. The van der Waals surface area contributed by atoms with Gasteiger partial charge in [-0.3, -0.25) is 4.72 Å². The summed E-state index contributed by atoms with van der Waals surface area (Å²) >= 11 is 7.60. The molecule has 0 radical (unpaired) electrons. The quantitative estimate of drug-likeness (QED) is 0.291. The Morgan fingerprint density at radius 3 is 2.62 bits per heavy atom. The van der Waals surface area contributed by atoms with E-state index >= 15 is 0 Å². The Balaban J connectivity index is 1.61. The maximum absolute atomic E-state index is 12.9. The second-order valence-corrected chi connectivity index (χ2v) is 9.45. The molecule has 1 aromatic heterocycles. The van der Waals surface area contributed by atoms with Gasteiger partial charge >= 0.3 is 0 Å². The van der Waals surface area contributed by atoms with Crippen LogP contribution in [-0.2, 0) is 15.8 Å². The van der Waals surface area contributed by atoms with E-state index in [-0.39, 0.29) is 5.09 Å². The smallest absolute Gasteiger partial charge is 0.295 e. The van der Waals surface area contributed by atoms with E-state index in [1.807, 2.05) is 30.3 Å². The number of furan rings is 1. The van der Waals surface area contributed by atoms with E-state index in [0.29, 0.717) is 27.7 Å². The summed E-state index contributed by atoms with van der Waals surface area (Å²) in [6, 6.07) is 21.3. The SMILES string of the molecule is Nc1cccc(CSc2ccc(Cl)cc2NS(=O)(=O)c2cc3ccccc3o2)c1. The molecule has 0 fully saturated rings. The lowest BCUT2D eigenvalue weighted by molar-refractivity contribution is 0.484. The van der Waals surface area contributed by atoms with Gasteiger partial charge in [0.05, 0.1) is 5.69 Å². The van der Waals surface area contributed by atoms with Gasteiger partial charge in [-0.25, -0.2) is 0 Å². The van der Waals surface area contributed by atoms with Crippen molar-refractivity contribution in [1.29, 1.82) is 0 Å². The van der Waals surface area contributed by atoms with Crippen LogP contribution in [0.5, 0.6) is 0 Å². The van der Waals surface area contributed by atoms with Crippen LogP contribution in [0.4, 0.5) is 11.4 Å². The van der Waals surface area contributed by atoms with Gasteiger partial charge in [-0.15, -0.1) is 11.8 Å². The Kier molecular flexibility index (Phi) is 5.45. The summed E-state index contributed by atoms with van der Waals surface area (Å²) in [5.41, 5.74) is 8.46. The number of sulfonamides is 1. The second-order valence-electron chi connectivity index (χ2n) is 6.38. The number of hydrogen-bond donors (Lipinski definition) is 2. The molecule has 4 rings (SSSR count). The lowest BCUT2D eigenvalue weighted by atomic mass is 10.2. The first-order valence-corrected chi connectivity index (χ1v) is 11.5. The van der Waals surface area contributed by atoms with Crippen LogP contribution in [0.2, 0.25) is 5.02 Å². The number of rotatable bonds is 6. The van der Waals surface area contributed by atoms with Gasteiger partial charge < -0.3 is 10.2 Å². The minimum absolute atomic E-state index is 0.148. The third-order valence-corrected chi connectivity index (χ3v) is 6.80. The molecule has 8 heteroatoms. The van der Waals surface area contributed by atoms with Crippen LogP contribution in [0.25, 0.3) is 11.0 Å². The van der Waals surface area contributed by atoms with Gasteiger partial charge in [0, 0.05) is 32.8 Å². The highest BCUT2D eigenvalue weighted by molar-refractivity contribution is 7.98. The lowest BCUT2D eigenvalue weighted by Crippen LogP contribution is -2.12. The first kappa shape index (κ1) is 19.7. The van der Waals surface area contributed by atoms with Crippen molar-refractivity contribution < 1.29 is 12.8 Å². The predicted molar refractivity (Wildman–Crippen MR) is 119 cm³/mol. The molecule has 0 unspecified atom stereocenters. The Morgan fingerprint density at radius 2 is 1.83 bits per heavy atom. The first-order chi connectivity index (χ1) is 13.9. The van der Waals surface area contributed by atoms with Crippen molar-refractivity contribution in [3.63, 3.8) is 0 Å². The van der Waals surface area contributed by atoms with E-state index in [1.54, 1.807) is 36.4 Å². The van der Waals surface area contributed by atoms with Gasteiger partial charge in [0.25, 0.3) is 10.0 Å². The van der Waals surface area contributed by atoms with Gasteiger partial charge in [0.15, 0.2) is 0 Å². The summed E-state index contributed by atoms with van der Waals surface area (Å²) in [6.07, 6.45) is 0. The van der Waals surface area contributed by atoms with E-state index in [2.05, 4.69) is 4.72 Å². The molecule has 0 saturated carbocycles.